The number of hydrogen-bond donors (Lipinski definition) is 2. The third kappa shape index (κ3) is 1.57. The van der Waals surface area contributed by atoms with E-state index >= 15 is 0 Å². The van der Waals surface area contributed by atoms with Crippen molar-refractivity contribution in [2.24, 2.45) is 0 Å². The molecule has 2 N–H and O–H groups in total. The van der Waals surface area contributed by atoms with Crippen LogP contribution >= 0.6 is 0 Å². The Hall–Kier alpha value is -2.49. The Morgan fingerprint density at radius 2 is 1.74 bits per heavy atom. The molecule has 0 aliphatic carbocycles. The Morgan fingerprint density at radius 1 is 1.00 bits per heavy atom. The summed E-state index contributed by atoms with van der Waals surface area (Å²) in [5, 5.41) is 20.1. The fourth-order valence-corrected chi connectivity index (χ4v) is 2.27. The lowest BCUT2D eigenvalue weighted by molar-refractivity contribution is 0.475. The van der Waals surface area contributed by atoms with Crippen molar-refractivity contribution >= 4 is 21.9 Å². The summed E-state index contributed by atoms with van der Waals surface area (Å²) in [7, 11) is 0. The van der Waals surface area contributed by atoms with Gasteiger partial charge < -0.3 is 14.6 Å². The van der Waals surface area contributed by atoms with Crippen molar-refractivity contribution < 1.29 is 14.6 Å². The van der Waals surface area contributed by atoms with Gasteiger partial charge in [-0.15, -0.1) is 0 Å². The van der Waals surface area contributed by atoms with Gasteiger partial charge in [0, 0.05) is 0 Å². The van der Waals surface area contributed by atoms with Gasteiger partial charge in [0.25, 0.3) is 0 Å². The second-order valence-electron chi connectivity index (χ2n) is 4.69. The van der Waals surface area contributed by atoms with Gasteiger partial charge in [-0.25, -0.2) is 0 Å². The molecular weight excluding hydrogens is 244 g/mol. The minimum absolute atomic E-state index is 0.0963. The van der Waals surface area contributed by atoms with Gasteiger partial charge in [-0.1, -0.05) is 6.07 Å². The van der Waals surface area contributed by atoms with Gasteiger partial charge in [-0.05, 0) is 43.2 Å². The van der Waals surface area contributed by atoms with Crippen molar-refractivity contribution in [3.63, 3.8) is 0 Å². The lowest BCUT2D eigenvalue weighted by Crippen LogP contribution is -2.03. The minimum Gasteiger partial charge on any atom is -0.507 e. The van der Waals surface area contributed by atoms with Gasteiger partial charge in [0.1, 0.15) is 33.4 Å². The molecule has 1 heterocycles. The predicted molar refractivity (Wildman–Crippen MR) is 72.8 cm³/mol. The fourth-order valence-electron chi connectivity index (χ4n) is 2.27. The maximum Gasteiger partial charge on any atom is 0.208 e. The Kier molecular flexibility index (Phi) is 2.29. The zero-order valence-corrected chi connectivity index (χ0v) is 10.5. The molecule has 0 saturated heterocycles. The van der Waals surface area contributed by atoms with E-state index in [4.69, 9.17) is 4.42 Å². The van der Waals surface area contributed by atoms with Gasteiger partial charge in [0.15, 0.2) is 0 Å². The van der Waals surface area contributed by atoms with Crippen molar-refractivity contribution in [1.29, 1.82) is 0 Å². The minimum atomic E-state index is -0.421. The van der Waals surface area contributed by atoms with Crippen molar-refractivity contribution in [3.8, 4) is 11.5 Å². The first-order valence-corrected chi connectivity index (χ1v) is 5.87. The monoisotopic (exact) mass is 256 g/mol. The number of phenols is 2. The smallest absolute Gasteiger partial charge is 0.208 e. The molecule has 1 aromatic heterocycles. The number of benzene rings is 2. The molecule has 3 aromatic rings. The lowest BCUT2D eigenvalue weighted by atomic mass is 10.1. The summed E-state index contributed by atoms with van der Waals surface area (Å²) in [6.07, 6.45) is 0. The van der Waals surface area contributed by atoms with E-state index in [-0.39, 0.29) is 22.3 Å². The number of aromatic hydroxyl groups is 2. The molecule has 0 atom stereocenters. The van der Waals surface area contributed by atoms with Crippen LogP contribution in [0.3, 0.4) is 0 Å². The molecule has 2 aromatic carbocycles. The lowest BCUT2D eigenvalue weighted by Gasteiger charge is -2.07. The molecule has 0 bridgehead atoms. The van der Waals surface area contributed by atoms with Crippen LogP contribution in [-0.2, 0) is 0 Å². The fraction of sp³-hybridized carbons (Fsp3) is 0.133. The van der Waals surface area contributed by atoms with E-state index in [0.29, 0.717) is 16.7 Å². The number of rotatable bonds is 0. The Morgan fingerprint density at radius 3 is 2.47 bits per heavy atom. The number of fused-ring (bicyclic) bond motifs is 2. The van der Waals surface area contributed by atoms with Gasteiger partial charge in [0.05, 0.1) is 0 Å². The summed E-state index contributed by atoms with van der Waals surface area (Å²) in [6, 6.07) is 6.51. The van der Waals surface area contributed by atoms with Crippen LogP contribution in [0.2, 0.25) is 0 Å². The maximum atomic E-state index is 12.4. The van der Waals surface area contributed by atoms with E-state index in [2.05, 4.69) is 0 Å². The molecule has 0 fully saturated rings. The zero-order chi connectivity index (χ0) is 13.7. The van der Waals surface area contributed by atoms with Crippen LogP contribution in [0.4, 0.5) is 0 Å². The normalized spacial score (nSPS) is 11.3. The number of aryl methyl sites for hydroxylation is 2. The average molecular weight is 256 g/mol. The summed E-state index contributed by atoms with van der Waals surface area (Å²) in [5.74, 6) is -0.236. The molecule has 0 aliphatic heterocycles. The van der Waals surface area contributed by atoms with Crippen molar-refractivity contribution in [1.82, 2.24) is 0 Å². The van der Waals surface area contributed by atoms with Crippen molar-refractivity contribution in [3.05, 3.63) is 45.6 Å². The Labute approximate surface area is 108 Å². The van der Waals surface area contributed by atoms with E-state index < -0.39 is 5.43 Å². The van der Waals surface area contributed by atoms with Gasteiger partial charge in [0.2, 0.25) is 5.43 Å². The van der Waals surface area contributed by atoms with Gasteiger partial charge in [-0.2, -0.15) is 0 Å². The highest BCUT2D eigenvalue weighted by Gasteiger charge is 2.15. The molecule has 0 amide bonds. The highest BCUT2D eigenvalue weighted by molar-refractivity contribution is 5.96. The third-order valence-corrected chi connectivity index (χ3v) is 3.24. The Balaban J connectivity index is 2.65. The van der Waals surface area contributed by atoms with Gasteiger partial charge in [-0.3, -0.25) is 4.79 Å². The second-order valence-corrected chi connectivity index (χ2v) is 4.69. The topological polar surface area (TPSA) is 70.7 Å². The molecular formula is C15H12O4. The van der Waals surface area contributed by atoms with E-state index in [1.807, 2.05) is 0 Å². The summed E-state index contributed by atoms with van der Waals surface area (Å²) in [6.45, 7) is 3.50. The van der Waals surface area contributed by atoms with E-state index in [1.54, 1.807) is 32.0 Å². The first kappa shape index (κ1) is 11.6. The second kappa shape index (κ2) is 3.75. The third-order valence-electron chi connectivity index (χ3n) is 3.24. The summed E-state index contributed by atoms with van der Waals surface area (Å²) < 4.78 is 5.60. The first-order valence-electron chi connectivity index (χ1n) is 5.87. The quantitative estimate of drug-likeness (QED) is 0.606. The Bertz CT molecular complexity index is 875. The highest BCUT2D eigenvalue weighted by Crippen LogP contribution is 2.31. The number of hydrogen-bond acceptors (Lipinski definition) is 4. The zero-order valence-electron chi connectivity index (χ0n) is 10.5. The van der Waals surface area contributed by atoms with Crippen LogP contribution in [0.15, 0.2) is 33.5 Å². The van der Waals surface area contributed by atoms with E-state index in [9.17, 15) is 15.0 Å². The molecule has 0 saturated carbocycles. The van der Waals surface area contributed by atoms with Crippen LogP contribution in [0.25, 0.3) is 21.9 Å². The van der Waals surface area contributed by atoms with Crippen LogP contribution < -0.4 is 5.43 Å². The largest absolute Gasteiger partial charge is 0.507 e. The van der Waals surface area contributed by atoms with Crippen LogP contribution in [0.5, 0.6) is 11.5 Å². The molecule has 0 aliphatic rings. The van der Waals surface area contributed by atoms with Gasteiger partial charge >= 0.3 is 0 Å². The van der Waals surface area contributed by atoms with Crippen LogP contribution in [0.1, 0.15) is 11.1 Å². The highest BCUT2D eigenvalue weighted by atomic mass is 16.3. The molecule has 4 heteroatoms. The van der Waals surface area contributed by atoms with Crippen LogP contribution in [0, 0.1) is 13.8 Å². The molecule has 96 valence electrons. The molecule has 3 rings (SSSR count). The summed E-state index contributed by atoms with van der Waals surface area (Å²) in [5.41, 5.74) is 1.59. The van der Waals surface area contributed by atoms with E-state index in [0.717, 1.165) is 5.56 Å². The van der Waals surface area contributed by atoms with E-state index in [1.165, 1.54) is 6.07 Å². The molecule has 0 radical (unpaired) electrons. The molecule has 4 nitrogen and oxygen atoms in total. The van der Waals surface area contributed by atoms with Crippen LogP contribution in [-0.4, -0.2) is 10.2 Å². The number of phenolic OH excluding ortho intramolecular Hbond substituents is 2. The molecule has 0 spiro atoms. The maximum absolute atomic E-state index is 12.4. The standard InChI is InChI=1S/C15H12O4/c1-7-5-9(16)12-11(6-7)19-10-4-3-8(2)14(17)13(10)15(12)18/h3-6,16-17H,1-2H3. The molecule has 19 heavy (non-hydrogen) atoms. The SMILES string of the molecule is Cc1cc(O)c2c(=O)c3c(O)c(C)ccc3oc2c1. The molecule has 0 unspecified atom stereocenters. The average Bonchev–Trinajstić information content (AvgIpc) is 2.32. The van der Waals surface area contributed by atoms with Crippen molar-refractivity contribution in [2.45, 2.75) is 13.8 Å². The summed E-state index contributed by atoms with van der Waals surface area (Å²) >= 11 is 0. The predicted octanol–water partition coefficient (Wildman–Crippen LogP) is 2.97. The van der Waals surface area contributed by atoms with Crippen molar-refractivity contribution in [2.75, 3.05) is 0 Å². The summed E-state index contributed by atoms with van der Waals surface area (Å²) in [4.78, 5) is 12.4. The first-order chi connectivity index (χ1) is 8.99.